The van der Waals surface area contributed by atoms with Gasteiger partial charge in [0.05, 0.1) is 12.1 Å². The molecular formula is C12H17N5. The van der Waals surface area contributed by atoms with Gasteiger partial charge in [-0.3, -0.25) is 0 Å². The fourth-order valence-electron chi connectivity index (χ4n) is 1.96. The Balaban J connectivity index is 2.41. The summed E-state index contributed by atoms with van der Waals surface area (Å²) in [5.41, 5.74) is 8.29. The van der Waals surface area contributed by atoms with Crippen LogP contribution >= 0.6 is 0 Å². The van der Waals surface area contributed by atoms with Crippen molar-refractivity contribution >= 4 is 0 Å². The van der Waals surface area contributed by atoms with Gasteiger partial charge in [0.2, 0.25) is 0 Å². The molecule has 2 aromatic rings. The topological polar surface area (TPSA) is 69.6 Å². The highest BCUT2D eigenvalue weighted by Crippen LogP contribution is 2.22. The number of hydrogen-bond donors (Lipinski definition) is 1. The summed E-state index contributed by atoms with van der Waals surface area (Å²) in [6.07, 6.45) is 0. The van der Waals surface area contributed by atoms with E-state index in [0.717, 1.165) is 0 Å². The van der Waals surface area contributed by atoms with Gasteiger partial charge in [0.25, 0.3) is 0 Å². The SMILES string of the molecule is Cc1ccccc1C(C)n1nnnc1C(C)N. The molecule has 0 radical (unpaired) electrons. The van der Waals surface area contributed by atoms with Crippen molar-refractivity contribution in [3.05, 3.63) is 41.2 Å². The van der Waals surface area contributed by atoms with Crippen molar-refractivity contribution in [3.63, 3.8) is 0 Å². The molecule has 0 fully saturated rings. The molecule has 0 bridgehead atoms. The minimum atomic E-state index is -0.170. The summed E-state index contributed by atoms with van der Waals surface area (Å²) in [5.74, 6) is 0.709. The predicted molar refractivity (Wildman–Crippen MR) is 65.4 cm³/mol. The van der Waals surface area contributed by atoms with Gasteiger partial charge in [0.15, 0.2) is 5.82 Å². The van der Waals surface area contributed by atoms with Crippen LogP contribution in [0.25, 0.3) is 0 Å². The van der Waals surface area contributed by atoms with Crippen molar-refractivity contribution in [1.82, 2.24) is 20.2 Å². The molecule has 2 N–H and O–H groups in total. The Bertz CT molecular complexity index is 503. The average molecular weight is 231 g/mol. The average Bonchev–Trinajstić information content (AvgIpc) is 2.77. The standard InChI is InChI=1S/C12H17N5/c1-8-6-4-5-7-11(8)10(3)17-12(9(2)13)14-15-16-17/h4-7,9-10H,13H2,1-3H3. The molecule has 0 aliphatic carbocycles. The number of rotatable bonds is 3. The summed E-state index contributed by atoms with van der Waals surface area (Å²) in [5, 5.41) is 11.7. The molecule has 1 aromatic heterocycles. The van der Waals surface area contributed by atoms with E-state index in [9.17, 15) is 0 Å². The van der Waals surface area contributed by atoms with Crippen LogP contribution in [0.3, 0.4) is 0 Å². The summed E-state index contributed by atoms with van der Waals surface area (Å²) in [6, 6.07) is 8.14. The van der Waals surface area contributed by atoms with Gasteiger partial charge in [0, 0.05) is 0 Å². The molecule has 0 aliphatic heterocycles. The summed E-state index contributed by atoms with van der Waals surface area (Å²) in [6.45, 7) is 6.04. The second-order valence-electron chi connectivity index (χ2n) is 4.30. The van der Waals surface area contributed by atoms with Gasteiger partial charge in [-0.1, -0.05) is 24.3 Å². The maximum absolute atomic E-state index is 5.85. The quantitative estimate of drug-likeness (QED) is 0.871. The smallest absolute Gasteiger partial charge is 0.168 e. The van der Waals surface area contributed by atoms with E-state index >= 15 is 0 Å². The predicted octanol–water partition coefficient (Wildman–Crippen LogP) is 1.61. The minimum absolute atomic E-state index is 0.0900. The third-order valence-electron chi connectivity index (χ3n) is 2.93. The van der Waals surface area contributed by atoms with Crippen LogP contribution in [0.2, 0.25) is 0 Å². The van der Waals surface area contributed by atoms with E-state index in [0.29, 0.717) is 5.82 Å². The Hall–Kier alpha value is -1.75. The lowest BCUT2D eigenvalue weighted by Gasteiger charge is -2.17. The summed E-state index contributed by atoms with van der Waals surface area (Å²) in [7, 11) is 0. The van der Waals surface area contributed by atoms with Crippen LogP contribution in [0, 0.1) is 6.92 Å². The molecule has 90 valence electrons. The largest absolute Gasteiger partial charge is 0.322 e. The van der Waals surface area contributed by atoms with E-state index in [-0.39, 0.29) is 12.1 Å². The molecular weight excluding hydrogens is 214 g/mol. The van der Waals surface area contributed by atoms with Crippen LogP contribution in [0.1, 0.15) is 42.9 Å². The third-order valence-corrected chi connectivity index (χ3v) is 2.93. The molecule has 0 saturated heterocycles. The summed E-state index contributed by atoms with van der Waals surface area (Å²) < 4.78 is 1.78. The highest BCUT2D eigenvalue weighted by atomic mass is 15.6. The Morgan fingerprint density at radius 2 is 1.94 bits per heavy atom. The third kappa shape index (κ3) is 2.19. The van der Waals surface area contributed by atoms with Crippen LogP contribution in [0.4, 0.5) is 0 Å². The number of benzene rings is 1. The second-order valence-corrected chi connectivity index (χ2v) is 4.30. The van der Waals surface area contributed by atoms with Crippen molar-refractivity contribution in [1.29, 1.82) is 0 Å². The van der Waals surface area contributed by atoms with Crippen LogP contribution in [0.15, 0.2) is 24.3 Å². The first-order chi connectivity index (χ1) is 8.11. The van der Waals surface area contributed by atoms with E-state index < -0.39 is 0 Å². The van der Waals surface area contributed by atoms with Crippen LogP contribution in [-0.2, 0) is 0 Å². The number of aryl methyl sites for hydroxylation is 1. The molecule has 2 rings (SSSR count). The second kappa shape index (κ2) is 4.63. The van der Waals surface area contributed by atoms with Crippen LogP contribution in [-0.4, -0.2) is 20.2 Å². The maximum atomic E-state index is 5.85. The van der Waals surface area contributed by atoms with Crippen molar-refractivity contribution < 1.29 is 0 Å². The Morgan fingerprint density at radius 1 is 1.24 bits per heavy atom. The fourth-order valence-corrected chi connectivity index (χ4v) is 1.96. The lowest BCUT2D eigenvalue weighted by Crippen LogP contribution is -2.18. The van der Waals surface area contributed by atoms with Gasteiger partial charge >= 0.3 is 0 Å². The van der Waals surface area contributed by atoms with E-state index in [1.54, 1.807) is 4.68 Å². The number of hydrogen-bond acceptors (Lipinski definition) is 4. The van der Waals surface area contributed by atoms with Crippen molar-refractivity contribution in [2.24, 2.45) is 5.73 Å². The van der Waals surface area contributed by atoms with E-state index in [1.165, 1.54) is 11.1 Å². The normalized spacial score (nSPS) is 14.6. The Kier molecular flexibility index (Phi) is 3.19. The molecule has 0 spiro atoms. The molecule has 0 aliphatic rings. The number of aromatic nitrogens is 4. The van der Waals surface area contributed by atoms with Gasteiger partial charge in [-0.15, -0.1) is 5.10 Å². The van der Waals surface area contributed by atoms with Crippen molar-refractivity contribution in [2.75, 3.05) is 0 Å². The molecule has 2 unspecified atom stereocenters. The fraction of sp³-hybridized carbons (Fsp3) is 0.417. The Labute approximate surface area is 101 Å². The molecule has 5 nitrogen and oxygen atoms in total. The molecule has 5 heteroatoms. The Morgan fingerprint density at radius 3 is 2.59 bits per heavy atom. The van der Waals surface area contributed by atoms with Gasteiger partial charge in [-0.05, 0) is 42.3 Å². The van der Waals surface area contributed by atoms with Gasteiger partial charge < -0.3 is 5.73 Å². The van der Waals surface area contributed by atoms with Crippen LogP contribution in [0.5, 0.6) is 0 Å². The molecule has 17 heavy (non-hydrogen) atoms. The van der Waals surface area contributed by atoms with Crippen molar-refractivity contribution in [2.45, 2.75) is 32.9 Å². The van der Waals surface area contributed by atoms with Gasteiger partial charge in [-0.2, -0.15) is 0 Å². The van der Waals surface area contributed by atoms with E-state index in [1.807, 2.05) is 19.1 Å². The molecule has 0 amide bonds. The maximum Gasteiger partial charge on any atom is 0.168 e. The highest BCUT2D eigenvalue weighted by molar-refractivity contribution is 5.28. The lowest BCUT2D eigenvalue weighted by atomic mass is 10.0. The molecule has 1 aromatic carbocycles. The van der Waals surface area contributed by atoms with Crippen molar-refractivity contribution in [3.8, 4) is 0 Å². The molecule has 2 atom stereocenters. The zero-order valence-corrected chi connectivity index (χ0v) is 10.3. The summed E-state index contributed by atoms with van der Waals surface area (Å²) in [4.78, 5) is 0. The minimum Gasteiger partial charge on any atom is -0.322 e. The van der Waals surface area contributed by atoms with E-state index in [2.05, 4.69) is 41.5 Å². The number of nitrogens with two attached hydrogens (primary N) is 1. The number of nitrogens with zero attached hydrogens (tertiary/aromatic N) is 4. The van der Waals surface area contributed by atoms with Crippen LogP contribution < -0.4 is 5.73 Å². The highest BCUT2D eigenvalue weighted by Gasteiger charge is 2.18. The number of tetrazole rings is 1. The first-order valence-electron chi connectivity index (χ1n) is 5.70. The lowest BCUT2D eigenvalue weighted by molar-refractivity contribution is 0.502. The van der Waals surface area contributed by atoms with Gasteiger partial charge in [0.1, 0.15) is 0 Å². The zero-order chi connectivity index (χ0) is 12.4. The molecule has 1 heterocycles. The first kappa shape index (κ1) is 11.7. The first-order valence-corrected chi connectivity index (χ1v) is 5.70. The van der Waals surface area contributed by atoms with Gasteiger partial charge in [-0.25, -0.2) is 4.68 Å². The van der Waals surface area contributed by atoms with E-state index in [4.69, 9.17) is 5.73 Å². The summed E-state index contributed by atoms with van der Waals surface area (Å²) >= 11 is 0. The molecule has 0 saturated carbocycles. The monoisotopic (exact) mass is 231 g/mol. The zero-order valence-electron chi connectivity index (χ0n) is 10.3.